The second-order valence-electron chi connectivity index (χ2n) is 8.84. The molecule has 1 saturated heterocycles. The van der Waals surface area contributed by atoms with Crippen molar-refractivity contribution in [2.75, 3.05) is 23.3 Å². The smallest absolute Gasteiger partial charge is 0.276 e. The van der Waals surface area contributed by atoms with Crippen LogP contribution in [0.25, 0.3) is 16.6 Å². The third kappa shape index (κ3) is 4.35. The van der Waals surface area contributed by atoms with Crippen molar-refractivity contribution < 1.29 is 23.2 Å². The highest BCUT2D eigenvalue weighted by Gasteiger charge is 2.30. The molecule has 9 nitrogen and oxygen atoms in total. The fourth-order valence-electron chi connectivity index (χ4n) is 4.45. The molecule has 37 heavy (non-hydrogen) atoms. The number of aromatic nitrogens is 4. The summed E-state index contributed by atoms with van der Waals surface area (Å²) in [7, 11) is 0. The number of rotatable bonds is 5. The van der Waals surface area contributed by atoms with Gasteiger partial charge in [-0.2, -0.15) is 14.9 Å². The van der Waals surface area contributed by atoms with Gasteiger partial charge in [0.1, 0.15) is 11.4 Å². The molecule has 0 spiro atoms. The minimum absolute atomic E-state index is 0.00440. The number of hydrogen-bond acceptors (Lipinski definition) is 6. The van der Waals surface area contributed by atoms with Crippen LogP contribution in [0.5, 0.6) is 0 Å². The average Bonchev–Trinajstić information content (AvgIpc) is 3.50. The van der Waals surface area contributed by atoms with E-state index in [9.17, 15) is 18.4 Å². The van der Waals surface area contributed by atoms with Crippen LogP contribution in [0, 0.1) is 17.6 Å². The van der Waals surface area contributed by atoms with E-state index in [0.717, 1.165) is 30.3 Å². The number of nitrogens with two attached hydrogens (primary N) is 1. The lowest BCUT2D eigenvalue weighted by atomic mass is 10.1. The van der Waals surface area contributed by atoms with Crippen molar-refractivity contribution in [1.82, 2.24) is 19.6 Å². The minimum atomic E-state index is -3.30. The van der Waals surface area contributed by atoms with Gasteiger partial charge in [0, 0.05) is 44.8 Å². The SMILES string of the molecule is [2H]C([2H])([2H])C([2H])(n1ncc2c(N3C[C@@H](C)[C@@H](N)C3)c(NC(=O)c3ccc(=O)n(-c4c(F)cccc4F)n3)ccc21)C([2H])([2H])[2H]. The highest BCUT2D eigenvalue weighted by atomic mass is 19.1. The van der Waals surface area contributed by atoms with Gasteiger partial charge < -0.3 is 16.0 Å². The molecular formula is C26H27F2N7O2. The molecule has 2 aromatic carbocycles. The summed E-state index contributed by atoms with van der Waals surface area (Å²) in [6.07, 6.45) is 1.22. The zero-order valence-corrected chi connectivity index (χ0v) is 19.6. The molecule has 11 heteroatoms. The number of nitrogens with one attached hydrogen (secondary N) is 1. The van der Waals surface area contributed by atoms with Gasteiger partial charge in [0.2, 0.25) is 0 Å². The van der Waals surface area contributed by atoms with Crippen molar-refractivity contribution in [3.8, 4) is 5.69 Å². The number of para-hydroxylation sites is 1. The number of benzene rings is 2. The zero-order valence-electron chi connectivity index (χ0n) is 26.6. The summed E-state index contributed by atoms with van der Waals surface area (Å²) in [4.78, 5) is 27.7. The summed E-state index contributed by atoms with van der Waals surface area (Å²) in [5.74, 6) is -2.99. The molecule has 3 N–H and O–H groups in total. The van der Waals surface area contributed by atoms with Crippen molar-refractivity contribution >= 4 is 28.2 Å². The number of halogens is 2. The van der Waals surface area contributed by atoms with Gasteiger partial charge in [0.15, 0.2) is 11.6 Å². The fraction of sp³-hybridized carbons (Fsp3) is 0.308. The molecule has 3 heterocycles. The predicted octanol–water partition coefficient (Wildman–Crippen LogP) is 3.48. The number of amides is 1. The molecule has 0 bridgehead atoms. The van der Waals surface area contributed by atoms with Gasteiger partial charge in [-0.3, -0.25) is 14.3 Å². The second kappa shape index (κ2) is 9.40. The van der Waals surface area contributed by atoms with E-state index in [1.54, 1.807) is 0 Å². The first-order chi connectivity index (χ1) is 20.5. The van der Waals surface area contributed by atoms with E-state index in [2.05, 4.69) is 15.5 Å². The van der Waals surface area contributed by atoms with E-state index in [1.165, 1.54) is 18.3 Å². The normalized spacial score (nSPS) is 21.4. The van der Waals surface area contributed by atoms with Crippen molar-refractivity contribution in [2.45, 2.75) is 32.7 Å². The van der Waals surface area contributed by atoms with E-state index in [1.807, 2.05) is 11.8 Å². The minimum Gasteiger partial charge on any atom is -0.367 e. The number of carbonyl (C=O) groups is 1. The van der Waals surface area contributed by atoms with Crippen LogP contribution in [0.1, 0.15) is 46.7 Å². The first kappa shape index (κ1) is 17.4. The quantitative estimate of drug-likeness (QED) is 0.422. The summed E-state index contributed by atoms with van der Waals surface area (Å²) in [6.45, 7) is -3.97. The lowest BCUT2D eigenvalue weighted by Gasteiger charge is -2.23. The number of carbonyl (C=O) groups excluding carboxylic acids is 1. The maximum atomic E-state index is 14.4. The van der Waals surface area contributed by atoms with Crippen molar-refractivity contribution in [1.29, 1.82) is 0 Å². The van der Waals surface area contributed by atoms with Crippen LogP contribution < -0.4 is 21.5 Å². The van der Waals surface area contributed by atoms with Crippen molar-refractivity contribution in [3.05, 3.63) is 76.3 Å². The Morgan fingerprint density at radius 2 is 1.92 bits per heavy atom. The Bertz CT molecular complexity index is 1780. The summed E-state index contributed by atoms with van der Waals surface area (Å²) in [5, 5.41) is 10.8. The van der Waals surface area contributed by atoms with Crippen LogP contribution in [0.15, 0.2) is 53.5 Å². The third-order valence-electron chi connectivity index (χ3n) is 6.35. The van der Waals surface area contributed by atoms with Crippen LogP contribution in [-0.2, 0) is 0 Å². The molecule has 2 atom stereocenters. The molecular weight excluding hydrogens is 480 g/mol. The van der Waals surface area contributed by atoms with E-state index < -0.39 is 48.5 Å². The van der Waals surface area contributed by atoms with Gasteiger partial charge in [-0.15, -0.1) is 0 Å². The molecule has 192 valence electrons. The summed E-state index contributed by atoms with van der Waals surface area (Å²) in [6, 6.07) is 4.29. The summed E-state index contributed by atoms with van der Waals surface area (Å²) >= 11 is 0. The molecule has 1 aliphatic heterocycles. The zero-order chi connectivity index (χ0) is 32.4. The summed E-state index contributed by atoms with van der Waals surface area (Å²) in [5.41, 5.74) is 4.75. The van der Waals surface area contributed by atoms with Crippen LogP contribution >= 0.6 is 0 Å². The fourth-order valence-corrected chi connectivity index (χ4v) is 4.45. The Labute approximate surface area is 221 Å². The van der Waals surface area contributed by atoms with E-state index in [4.69, 9.17) is 15.3 Å². The number of fused-ring (bicyclic) bond motifs is 1. The molecule has 1 amide bonds. The van der Waals surface area contributed by atoms with E-state index >= 15 is 0 Å². The highest BCUT2D eigenvalue weighted by Crippen LogP contribution is 2.38. The molecule has 0 radical (unpaired) electrons. The van der Waals surface area contributed by atoms with Gasteiger partial charge >= 0.3 is 0 Å². The van der Waals surface area contributed by atoms with Crippen LogP contribution in [0.2, 0.25) is 0 Å². The molecule has 0 unspecified atom stereocenters. The Morgan fingerprint density at radius 1 is 1.16 bits per heavy atom. The molecule has 5 rings (SSSR count). The Kier molecular flexibility index (Phi) is 4.41. The van der Waals surface area contributed by atoms with Crippen molar-refractivity contribution in [2.24, 2.45) is 11.7 Å². The Balaban J connectivity index is 1.63. The Hall–Kier alpha value is -4.12. The standard InChI is InChI=1S/C26H27F2N7O2/c1-14(2)34-22-9-7-20(24(16(22)11-30-34)33-12-15(3)19(29)13-33)31-26(37)21-8-10-23(36)35(32-21)25-17(27)5-4-6-18(25)28/h4-11,14-15,19H,12-13,29H2,1-3H3,(H,31,37)/t15-,19+/m1/s1/i1D3,2D3,14D. The van der Waals surface area contributed by atoms with Gasteiger partial charge in [-0.05, 0) is 50.0 Å². The van der Waals surface area contributed by atoms with E-state index in [-0.39, 0.29) is 34.2 Å². The molecule has 1 aliphatic rings. The summed E-state index contributed by atoms with van der Waals surface area (Å²) < 4.78 is 85.8. The van der Waals surface area contributed by atoms with Gasteiger partial charge in [0.05, 0.1) is 24.5 Å². The highest BCUT2D eigenvalue weighted by molar-refractivity contribution is 6.09. The average molecular weight is 515 g/mol. The molecule has 0 aliphatic carbocycles. The largest absolute Gasteiger partial charge is 0.367 e. The van der Waals surface area contributed by atoms with Crippen molar-refractivity contribution in [3.63, 3.8) is 0 Å². The number of hydrogen-bond donors (Lipinski definition) is 2. The van der Waals surface area contributed by atoms with Crippen LogP contribution in [0.3, 0.4) is 0 Å². The van der Waals surface area contributed by atoms with Crippen LogP contribution in [0.4, 0.5) is 20.2 Å². The van der Waals surface area contributed by atoms with Crippen LogP contribution in [-0.4, -0.2) is 44.6 Å². The lowest BCUT2D eigenvalue weighted by Crippen LogP contribution is -2.29. The van der Waals surface area contributed by atoms with Gasteiger partial charge in [-0.25, -0.2) is 8.78 Å². The van der Waals surface area contributed by atoms with Gasteiger partial charge in [0.25, 0.3) is 11.5 Å². The number of anilines is 2. The Morgan fingerprint density at radius 3 is 2.59 bits per heavy atom. The first-order valence-corrected chi connectivity index (χ1v) is 11.3. The maximum absolute atomic E-state index is 14.4. The van der Waals surface area contributed by atoms with E-state index in [0.29, 0.717) is 28.1 Å². The first-order valence-electron chi connectivity index (χ1n) is 14.8. The monoisotopic (exact) mass is 514 g/mol. The molecule has 0 saturated carbocycles. The molecule has 2 aromatic heterocycles. The maximum Gasteiger partial charge on any atom is 0.276 e. The predicted molar refractivity (Wildman–Crippen MR) is 137 cm³/mol. The lowest BCUT2D eigenvalue weighted by molar-refractivity contribution is 0.102. The number of nitrogens with zero attached hydrogens (tertiary/aromatic N) is 5. The molecule has 1 fully saturated rings. The second-order valence-corrected chi connectivity index (χ2v) is 8.84. The molecule has 4 aromatic rings. The topological polar surface area (TPSA) is 111 Å². The van der Waals surface area contributed by atoms with Gasteiger partial charge in [-0.1, -0.05) is 13.0 Å². The third-order valence-corrected chi connectivity index (χ3v) is 6.35.